The topological polar surface area (TPSA) is 26.3 Å². The lowest BCUT2D eigenvalue weighted by molar-refractivity contribution is 0.660. The molecule has 2 heteroatoms. The van der Waals surface area contributed by atoms with Crippen LogP contribution in [0.5, 0.6) is 0 Å². The van der Waals surface area contributed by atoms with Crippen molar-refractivity contribution in [1.82, 2.24) is 0 Å². The Balaban J connectivity index is 0.000000184. The van der Waals surface area contributed by atoms with Crippen LogP contribution < -0.4 is 0 Å². The van der Waals surface area contributed by atoms with Crippen molar-refractivity contribution in [2.75, 3.05) is 0 Å². The largest absolute Gasteiger partial charge is 0.456 e. The van der Waals surface area contributed by atoms with Crippen molar-refractivity contribution in [3.63, 3.8) is 0 Å². The molecule has 22 rings (SSSR count). The van der Waals surface area contributed by atoms with E-state index >= 15 is 0 Å². The lowest BCUT2D eigenvalue weighted by Crippen LogP contribution is -2.14. The third-order valence-corrected chi connectivity index (χ3v) is 19.3. The number of hydrogen-bond donors (Lipinski definition) is 0. The van der Waals surface area contributed by atoms with Gasteiger partial charge in [-0.15, -0.1) is 0 Å². The highest BCUT2D eigenvalue weighted by Gasteiger charge is 2.38. The number of fused-ring (bicyclic) bond motifs is 18. The van der Waals surface area contributed by atoms with Gasteiger partial charge >= 0.3 is 0 Å². The quantitative estimate of drug-likeness (QED) is 0.155. The number of benzene rings is 18. The Morgan fingerprint density at radius 2 is 0.581 bits per heavy atom. The molecule has 0 fully saturated rings. The van der Waals surface area contributed by atoms with Crippen LogP contribution in [0, 0.1) is 6.92 Å². The van der Waals surface area contributed by atoms with E-state index in [1.165, 1.54) is 20.8 Å². The van der Waals surface area contributed by atoms with Gasteiger partial charge < -0.3 is 8.83 Å². The molecule has 0 N–H and O–H groups in total. The summed E-state index contributed by atoms with van der Waals surface area (Å²) in [7, 11) is 0. The highest BCUT2D eigenvalue weighted by Crippen LogP contribution is 2.56. The van der Waals surface area contributed by atoms with Crippen molar-refractivity contribution in [3.8, 4) is 89.0 Å². The summed E-state index contributed by atoms with van der Waals surface area (Å²) in [5.41, 5.74) is -14.8. The molecule has 2 aromatic heterocycles. The lowest BCUT2D eigenvalue weighted by atomic mass is 9.80. The summed E-state index contributed by atoms with van der Waals surface area (Å²) in [4.78, 5) is 0. The highest BCUT2D eigenvalue weighted by molar-refractivity contribution is 6.25. The second-order valence-electron chi connectivity index (χ2n) is 25.8. The Kier molecular flexibility index (Phi) is 6.02. The number of aryl methyl sites for hydroxylation is 1. The minimum Gasteiger partial charge on any atom is -0.456 e. The van der Waals surface area contributed by atoms with Crippen LogP contribution in [0.2, 0.25) is 0 Å². The fraction of sp³-hybridized carbons (Fsp3) is 0.0680. The van der Waals surface area contributed by atoms with E-state index in [1.807, 2.05) is 0 Å². The molecule has 105 heavy (non-hydrogen) atoms. The van der Waals surface area contributed by atoms with Gasteiger partial charge in [0.1, 0.15) is 22.3 Å². The molecule has 2 nitrogen and oxygen atoms in total. The normalized spacial score (nSPS) is 20.7. The lowest BCUT2D eigenvalue weighted by Gasteiger charge is -2.22. The molecule has 2 aliphatic rings. The van der Waals surface area contributed by atoms with Crippen LogP contribution in [0.4, 0.5) is 0 Å². The van der Waals surface area contributed by atoms with Gasteiger partial charge in [0.05, 0.1) is 75.4 Å². The Morgan fingerprint density at radius 1 is 0.219 bits per heavy atom. The zero-order chi connectivity index (χ0) is 118. The van der Waals surface area contributed by atoms with Crippen LogP contribution >= 0.6 is 0 Å². The predicted octanol–water partition coefficient (Wildman–Crippen LogP) is 29.0. The van der Waals surface area contributed by atoms with Gasteiger partial charge in [-0.3, -0.25) is 0 Å². The summed E-state index contributed by atoms with van der Waals surface area (Å²) in [5, 5.41) is -8.57. The van der Waals surface area contributed by atoms with Crippen molar-refractivity contribution in [2.45, 2.75) is 45.4 Å². The van der Waals surface area contributed by atoms with Crippen molar-refractivity contribution < 1.29 is 84.2 Å². The van der Waals surface area contributed by atoms with E-state index in [4.69, 9.17) is 48.6 Å². The number of hydrogen-bond acceptors (Lipinski definition) is 2. The molecule has 0 radical (unpaired) electrons. The summed E-state index contributed by atoms with van der Waals surface area (Å²) < 4.78 is 516. The van der Waals surface area contributed by atoms with Crippen LogP contribution in [0.1, 0.15) is 131 Å². The predicted molar refractivity (Wildman–Crippen MR) is 445 cm³/mol. The molecular formula is C103H70O2. The maximum atomic E-state index is 9.98. The summed E-state index contributed by atoms with van der Waals surface area (Å²) >= 11 is 0. The molecule has 0 saturated carbocycles. The van der Waals surface area contributed by atoms with Gasteiger partial charge in [-0.25, -0.2) is 0 Å². The van der Waals surface area contributed by atoms with E-state index < -0.39 is 513 Å². The Hall–Kier alpha value is -12.9. The van der Waals surface area contributed by atoms with Gasteiger partial charge in [-0.2, -0.15) is 0 Å². The first-order valence-corrected chi connectivity index (χ1v) is 32.3. The molecule has 0 unspecified atom stereocenters. The van der Waals surface area contributed by atoms with E-state index in [2.05, 4.69) is 0 Å². The van der Waals surface area contributed by atoms with Crippen molar-refractivity contribution in [2.24, 2.45) is 0 Å². The summed E-state index contributed by atoms with van der Waals surface area (Å²) in [6.45, 7) is 7.40. The number of rotatable bonds is 6. The van der Waals surface area contributed by atoms with Gasteiger partial charge in [0.2, 0.25) is 0 Å². The Bertz CT molecular complexity index is 10400. The Labute approximate surface area is 686 Å². The van der Waals surface area contributed by atoms with E-state index in [0.717, 1.165) is 0 Å². The second kappa shape index (κ2) is 23.1. The van der Waals surface area contributed by atoms with Gasteiger partial charge in [0, 0.05) is 32.4 Å². The van der Waals surface area contributed by atoms with Crippen molar-refractivity contribution in [3.05, 3.63) is 360 Å². The summed E-state index contributed by atoms with van der Waals surface area (Å²) in [5.74, 6) is 0. The Morgan fingerprint density at radius 3 is 1.13 bits per heavy atom. The molecule has 0 bridgehead atoms. The molecule has 494 valence electrons. The summed E-state index contributed by atoms with van der Waals surface area (Å²) in [6, 6.07) is -45.3. The molecular weight excluding hydrogens is 1270 g/mol. The van der Waals surface area contributed by atoms with Gasteiger partial charge in [0.25, 0.3) is 0 Å². The molecule has 0 saturated heterocycles. The molecule has 20 aromatic rings. The van der Waals surface area contributed by atoms with E-state index in [-0.39, 0.29) is 55.5 Å². The zero-order valence-electron chi connectivity index (χ0n) is 110. The molecule has 2 aliphatic carbocycles. The first-order valence-electron chi connectivity index (χ1n) is 59.8. The van der Waals surface area contributed by atoms with E-state index in [0.29, 0.717) is 0 Å². The van der Waals surface area contributed by atoms with E-state index in [9.17, 15) is 35.6 Å². The molecule has 18 aromatic carbocycles. The first kappa shape index (κ1) is 27.4. The van der Waals surface area contributed by atoms with Crippen molar-refractivity contribution >= 4 is 109 Å². The average Bonchev–Trinajstić information content (AvgIpc) is 0.986. The third kappa shape index (κ3) is 9.16. The van der Waals surface area contributed by atoms with Gasteiger partial charge in [-0.05, 0) is 231 Å². The fourth-order valence-corrected chi connectivity index (χ4v) is 14.6. The van der Waals surface area contributed by atoms with Crippen LogP contribution in [-0.4, -0.2) is 0 Å². The standard InChI is InChI=1S/C52H36O.C51H34O/c1-31-12-10-19-41-48(31)50(40-17-7-6-16-39(40)49(41)36-26-27-45-42(29-36)38-15-8-9-20-44(38)52(45,2)3)33-24-22-32(23-25-33)37-18-11-21-46-51(37)43-28-34-13-4-5-14-35(34)30-47(43)53-46;1-51(2)43-22-10-9-19-40(43)49-41(21-11-23-44(49)51)48-38-17-7-5-15-36(38)47(37-16-6-8-18-39(37)48)32-27-25-31(26-28-32)35-20-12-24-45-50(35)42-29-33-13-3-4-14-34(33)30-46(42)52-45/h4-30H,1-3H3;3-30H,1-2H3/i4D,5D,6D,7D,8D,9D,10D,11D,12D,13D,14D,15D,16D,17D,18D,19D,20D,21D,22D,23D,24D,25D,26D,27D,28D,29D,30D;3D,4D,5D,6D,7D,8D,9D,10D,11D,12D,13D,14D,15D,16D,17D,18D,19D,20D,21D,22D,23D,24D,25D,26D,27D,28D,29D,30D. The molecule has 0 amide bonds. The zero-order valence-corrected chi connectivity index (χ0v) is 54.8. The van der Waals surface area contributed by atoms with Crippen LogP contribution in [0.15, 0.2) is 341 Å². The van der Waals surface area contributed by atoms with E-state index in [1.54, 1.807) is 13.8 Å². The van der Waals surface area contributed by atoms with Crippen LogP contribution in [0.3, 0.4) is 0 Å². The maximum absolute atomic E-state index is 9.98. The maximum Gasteiger partial charge on any atom is 0.136 e. The minimum absolute atomic E-state index is 0.000395. The highest BCUT2D eigenvalue weighted by atomic mass is 16.3. The smallest absolute Gasteiger partial charge is 0.136 e. The van der Waals surface area contributed by atoms with Crippen LogP contribution in [-0.2, 0) is 10.8 Å². The van der Waals surface area contributed by atoms with Crippen molar-refractivity contribution in [1.29, 1.82) is 0 Å². The fourth-order valence-electron chi connectivity index (χ4n) is 14.6. The molecule has 0 spiro atoms. The molecule has 0 atom stereocenters. The minimum atomic E-state index is -1.56. The monoisotopic (exact) mass is 1390 g/mol. The molecule has 0 aliphatic heterocycles. The second-order valence-corrected chi connectivity index (χ2v) is 25.8. The first-order chi connectivity index (χ1) is 74.5. The SMILES string of the molecule is [2H]c1c([2H])c([2H])c2c(c1[2H])-c1c(-c3c4c([2H])c([2H])c([2H])c([2H])c4c(-c4c([2H])c([2H])c(-c5c([2H])c([2H])c([2H])c6oc7c([2H])c8c([2H])c([2H])c([2H])c([2H])c8c([2H])c7c56)c([2H])c4[2H])c4c([2H])c([2H])c([2H])c([2H])c34)c([2H])c([2H])c([2H])c1C2(C)C.[2H]c1c([2H])c([2H])c2c(c1[2H])-c1c([2H])c(-c3c4c([2H])c([2H])c([2H])c([2H])c4c(-c4c([2H])c([2H])c(-c5c([2H])c([2H])c([2H])c6oc7c([2H])c8c([2H])c([2H])c([2H])c([2H])c8c([2H])c7c56)c([2H])c4[2H])c4c(C)c([2H])c([2H])c([2H])c34)c([2H])c([2H])c1C2(C)C. The molecule has 2 heterocycles. The number of furan rings is 2. The van der Waals surface area contributed by atoms with Crippen LogP contribution in [0.25, 0.3) is 198 Å². The van der Waals surface area contributed by atoms with Gasteiger partial charge in [-0.1, -0.05) is 318 Å². The third-order valence-electron chi connectivity index (χ3n) is 19.3. The summed E-state index contributed by atoms with van der Waals surface area (Å²) in [6.07, 6.45) is 0. The average molecular weight is 1400 g/mol. The van der Waals surface area contributed by atoms with Gasteiger partial charge in [0.15, 0.2) is 0 Å².